The molecule has 4 rings (SSSR count). The summed E-state index contributed by atoms with van der Waals surface area (Å²) in [6.45, 7) is 0. The number of benzene rings is 2. The van der Waals surface area contributed by atoms with Gasteiger partial charge in [-0.15, -0.1) is 0 Å². The minimum atomic E-state index is -0.341. The third-order valence-corrected chi connectivity index (χ3v) is 5.40. The predicted molar refractivity (Wildman–Crippen MR) is 104 cm³/mol. The topological polar surface area (TPSA) is 74.8 Å². The summed E-state index contributed by atoms with van der Waals surface area (Å²) in [7, 11) is 0.358. The smallest absolute Gasteiger partial charge is 0.258 e. The molecule has 132 valence electrons. The minimum Gasteiger partial charge on any atom is -0.269 e. The van der Waals surface area contributed by atoms with Crippen LogP contribution in [-0.2, 0) is 19.2 Å². The first-order valence-electron chi connectivity index (χ1n) is 8.12. The number of amides is 4. The molecule has 2 heterocycles. The molecular weight excluding hydrogens is 363 g/mol. The molecule has 0 N–H and O–H groups in total. The Hall–Kier alpha value is -3.37. The highest BCUT2D eigenvalue weighted by molar-refractivity contribution is 7.55. The zero-order valence-electron chi connectivity index (χ0n) is 14.0. The maximum Gasteiger partial charge on any atom is 0.258 e. The number of nitrogens with zero attached hydrogens (tertiary/aromatic N) is 2. The average Bonchev–Trinajstić information content (AvgIpc) is 3.18. The molecule has 2 aliphatic heterocycles. The summed E-state index contributed by atoms with van der Waals surface area (Å²) >= 11 is 0. The van der Waals surface area contributed by atoms with Gasteiger partial charge in [-0.25, -0.2) is 9.80 Å². The molecule has 0 fully saturated rings. The van der Waals surface area contributed by atoms with E-state index in [4.69, 9.17) is 0 Å². The number of rotatable bonds is 4. The van der Waals surface area contributed by atoms with Crippen LogP contribution in [-0.4, -0.2) is 23.6 Å². The summed E-state index contributed by atoms with van der Waals surface area (Å²) < 4.78 is 0. The van der Waals surface area contributed by atoms with Gasteiger partial charge in [0.1, 0.15) is 0 Å². The van der Waals surface area contributed by atoms with Crippen LogP contribution >= 0.6 is 8.58 Å². The van der Waals surface area contributed by atoms with Crippen molar-refractivity contribution in [1.29, 1.82) is 0 Å². The number of carbonyl (C=O) groups excluding carboxylic acids is 4. The van der Waals surface area contributed by atoms with Crippen molar-refractivity contribution < 1.29 is 19.2 Å². The van der Waals surface area contributed by atoms with Gasteiger partial charge in [0.25, 0.3) is 23.6 Å². The van der Waals surface area contributed by atoms with Crippen molar-refractivity contribution in [3.63, 3.8) is 0 Å². The van der Waals surface area contributed by atoms with E-state index in [9.17, 15) is 19.2 Å². The summed E-state index contributed by atoms with van der Waals surface area (Å²) in [5, 5.41) is 2.07. The third kappa shape index (κ3) is 3.23. The van der Waals surface area contributed by atoms with E-state index < -0.39 is 0 Å². The molecule has 4 amide bonds. The van der Waals surface area contributed by atoms with Gasteiger partial charge in [0.2, 0.25) is 0 Å². The average molecular weight is 376 g/mol. The summed E-state index contributed by atoms with van der Waals surface area (Å²) in [5.41, 5.74) is 1.08. The Morgan fingerprint density at radius 1 is 0.481 bits per heavy atom. The highest BCUT2D eigenvalue weighted by Gasteiger charge is 2.25. The molecule has 0 aromatic heterocycles. The quantitative estimate of drug-likeness (QED) is 0.593. The van der Waals surface area contributed by atoms with Crippen molar-refractivity contribution in [1.82, 2.24) is 0 Å². The van der Waals surface area contributed by atoms with Crippen LogP contribution in [0.4, 0.5) is 11.4 Å². The van der Waals surface area contributed by atoms with Crippen LogP contribution in [0, 0.1) is 0 Å². The Kier molecular flexibility index (Phi) is 4.26. The van der Waals surface area contributed by atoms with E-state index in [1.54, 1.807) is 24.3 Å². The number of imide groups is 2. The van der Waals surface area contributed by atoms with Gasteiger partial charge < -0.3 is 0 Å². The molecule has 2 aromatic rings. The standard InChI is InChI=1S/C20H13N2O4P/c23-17-9-10-18(24)21(17)13-1-5-15(6-2-13)27-16-7-3-14(4-8-16)22-19(25)11-12-20(22)26/h1-12,27H. The molecule has 0 atom stereocenters. The lowest BCUT2D eigenvalue weighted by molar-refractivity contribution is -0.121. The van der Waals surface area contributed by atoms with Gasteiger partial charge in [-0.1, -0.05) is 32.8 Å². The molecule has 2 aromatic carbocycles. The van der Waals surface area contributed by atoms with Gasteiger partial charge in [-0.05, 0) is 34.9 Å². The summed E-state index contributed by atoms with van der Waals surface area (Å²) in [4.78, 5) is 49.1. The van der Waals surface area contributed by atoms with E-state index in [2.05, 4.69) is 0 Å². The van der Waals surface area contributed by atoms with Crippen LogP contribution in [0.5, 0.6) is 0 Å². The van der Waals surface area contributed by atoms with Crippen molar-refractivity contribution in [2.75, 3.05) is 9.80 Å². The summed E-state index contributed by atoms with van der Waals surface area (Å²) in [6.07, 6.45) is 5.02. The Balaban J connectivity index is 1.47. The lowest BCUT2D eigenvalue weighted by Gasteiger charge is -2.15. The van der Waals surface area contributed by atoms with Crippen molar-refractivity contribution >= 4 is 54.2 Å². The molecule has 0 aliphatic carbocycles. The molecule has 0 saturated carbocycles. The molecule has 7 heteroatoms. The van der Waals surface area contributed by atoms with Crippen LogP contribution in [0.15, 0.2) is 72.8 Å². The normalized spacial score (nSPS) is 16.1. The van der Waals surface area contributed by atoms with Gasteiger partial charge in [-0.2, -0.15) is 0 Å². The fraction of sp³-hybridized carbons (Fsp3) is 0. The molecule has 0 saturated heterocycles. The van der Waals surface area contributed by atoms with Crippen LogP contribution in [0.3, 0.4) is 0 Å². The molecule has 0 radical (unpaired) electrons. The largest absolute Gasteiger partial charge is 0.269 e. The first kappa shape index (κ1) is 17.1. The fourth-order valence-corrected chi connectivity index (χ4v) is 3.86. The van der Waals surface area contributed by atoms with E-state index >= 15 is 0 Å². The molecule has 0 bridgehead atoms. The maximum atomic E-state index is 11.7. The molecule has 27 heavy (non-hydrogen) atoms. The monoisotopic (exact) mass is 376 g/mol. The van der Waals surface area contributed by atoms with Crippen LogP contribution in [0.25, 0.3) is 0 Å². The fourth-order valence-electron chi connectivity index (χ4n) is 2.86. The van der Waals surface area contributed by atoms with Crippen LogP contribution in [0.1, 0.15) is 0 Å². The maximum absolute atomic E-state index is 11.7. The lowest BCUT2D eigenvalue weighted by Crippen LogP contribution is -2.29. The second-order valence-electron chi connectivity index (χ2n) is 5.91. The minimum absolute atomic E-state index is 0.341. The molecule has 2 aliphatic rings. The van der Waals surface area contributed by atoms with E-state index in [1.165, 1.54) is 24.3 Å². The lowest BCUT2D eigenvalue weighted by atomic mass is 10.3. The van der Waals surface area contributed by atoms with Crippen molar-refractivity contribution in [2.24, 2.45) is 0 Å². The number of hydrogen-bond acceptors (Lipinski definition) is 4. The van der Waals surface area contributed by atoms with Gasteiger partial charge in [-0.3, -0.25) is 19.2 Å². The number of hydrogen-bond donors (Lipinski definition) is 0. The predicted octanol–water partition coefficient (Wildman–Crippen LogP) is 1.17. The van der Waals surface area contributed by atoms with E-state index in [0.29, 0.717) is 20.0 Å². The zero-order chi connectivity index (χ0) is 19.0. The molecule has 6 nitrogen and oxygen atoms in total. The molecule has 0 unspecified atom stereocenters. The van der Waals surface area contributed by atoms with Crippen LogP contribution < -0.4 is 20.4 Å². The Morgan fingerprint density at radius 3 is 1.07 bits per heavy atom. The summed E-state index contributed by atoms with van der Waals surface area (Å²) in [6, 6.07) is 14.5. The zero-order valence-corrected chi connectivity index (χ0v) is 15.0. The van der Waals surface area contributed by atoms with Crippen molar-refractivity contribution in [2.45, 2.75) is 0 Å². The highest BCUT2D eigenvalue weighted by Crippen LogP contribution is 2.22. The van der Waals surface area contributed by atoms with Gasteiger partial charge >= 0.3 is 0 Å². The first-order valence-corrected chi connectivity index (χ1v) is 9.12. The van der Waals surface area contributed by atoms with E-state index in [-0.39, 0.29) is 23.6 Å². The Bertz CT molecular complexity index is 903. The van der Waals surface area contributed by atoms with E-state index in [1.807, 2.05) is 24.3 Å². The molecular formula is C20H13N2O4P. The Morgan fingerprint density at radius 2 is 0.778 bits per heavy atom. The van der Waals surface area contributed by atoms with Gasteiger partial charge in [0.15, 0.2) is 0 Å². The number of carbonyl (C=O) groups is 4. The number of anilines is 2. The van der Waals surface area contributed by atoms with Gasteiger partial charge in [0, 0.05) is 24.3 Å². The Labute approximate surface area is 156 Å². The highest BCUT2D eigenvalue weighted by atomic mass is 31.1. The second kappa shape index (κ2) is 6.74. The second-order valence-corrected chi connectivity index (χ2v) is 7.31. The molecule has 0 spiro atoms. The van der Waals surface area contributed by atoms with Crippen molar-refractivity contribution in [3.05, 3.63) is 72.8 Å². The SMILES string of the molecule is O=C1C=CC(=O)N1c1ccc(Pc2ccc(N3C(=O)C=CC3=O)cc2)cc1. The van der Waals surface area contributed by atoms with Crippen LogP contribution in [0.2, 0.25) is 0 Å². The van der Waals surface area contributed by atoms with Crippen molar-refractivity contribution in [3.8, 4) is 0 Å². The third-order valence-electron chi connectivity index (χ3n) is 4.16. The first-order chi connectivity index (χ1) is 13.0. The summed E-state index contributed by atoms with van der Waals surface area (Å²) in [5.74, 6) is -1.37. The van der Waals surface area contributed by atoms with E-state index in [0.717, 1.165) is 20.4 Å². The van der Waals surface area contributed by atoms with Gasteiger partial charge in [0.05, 0.1) is 11.4 Å².